The number of pyridine rings is 1. The van der Waals surface area contributed by atoms with Crippen molar-refractivity contribution >= 4 is 28.4 Å². The summed E-state index contributed by atoms with van der Waals surface area (Å²) in [5, 5.41) is 6.93. The third kappa shape index (κ3) is 5.10. The lowest BCUT2D eigenvalue weighted by atomic mass is 9.90. The molecule has 9 nitrogen and oxygen atoms in total. The highest BCUT2D eigenvalue weighted by molar-refractivity contribution is 6.08. The van der Waals surface area contributed by atoms with Crippen LogP contribution in [-0.2, 0) is 6.54 Å². The van der Waals surface area contributed by atoms with Crippen molar-refractivity contribution < 1.29 is 9.18 Å². The molecule has 3 aromatic heterocycles. The Hall–Kier alpha value is -4.21. The number of para-hydroxylation sites is 1. The van der Waals surface area contributed by atoms with E-state index in [0.29, 0.717) is 28.7 Å². The maximum atomic E-state index is 13.6. The van der Waals surface area contributed by atoms with Crippen molar-refractivity contribution in [3.05, 3.63) is 81.4 Å². The third-order valence-corrected chi connectivity index (χ3v) is 7.87. The van der Waals surface area contributed by atoms with E-state index in [0.717, 1.165) is 48.2 Å². The molecular formula is C29H34FN7O2. The normalized spacial score (nSPS) is 14.9. The molecule has 1 saturated heterocycles. The fourth-order valence-electron chi connectivity index (χ4n) is 5.84. The molecule has 0 aliphatic carbocycles. The van der Waals surface area contributed by atoms with Gasteiger partial charge in [-0.2, -0.15) is 0 Å². The summed E-state index contributed by atoms with van der Waals surface area (Å²) in [5.41, 5.74) is 4.26. The summed E-state index contributed by atoms with van der Waals surface area (Å²) in [7, 11) is 1.76. The summed E-state index contributed by atoms with van der Waals surface area (Å²) < 4.78 is 15.5. The van der Waals surface area contributed by atoms with Crippen LogP contribution in [0.15, 0.2) is 47.5 Å². The minimum atomic E-state index is -0.440. The van der Waals surface area contributed by atoms with Crippen molar-refractivity contribution in [2.45, 2.75) is 46.2 Å². The smallest absolute Gasteiger partial charge is 0.255 e. The summed E-state index contributed by atoms with van der Waals surface area (Å²) in [6.45, 7) is 7.70. The van der Waals surface area contributed by atoms with Gasteiger partial charge in [0.25, 0.3) is 11.5 Å². The van der Waals surface area contributed by atoms with E-state index >= 15 is 0 Å². The predicted molar refractivity (Wildman–Crippen MR) is 151 cm³/mol. The van der Waals surface area contributed by atoms with Gasteiger partial charge >= 0.3 is 0 Å². The Bertz CT molecular complexity index is 1550. The first-order valence-corrected chi connectivity index (χ1v) is 13.3. The van der Waals surface area contributed by atoms with Crippen molar-refractivity contribution in [3.63, 3.8) is 0 Å². The number of nitrogens with zero attached hydrogens (tertiary/aromatic N) is 4. The molecule has 4 aromatic rings. The number of rotatable bonds is 7. The van der Waals surface area contributed by atoms with Crippen LogP contribution in [0.4, 0.5) is 16.0 Å². The molecule has 10 heteroatoms. The SMILES string of the molecule is CNc1cc(C)[nH]c(=O)c1CNC(=O)c1c(C)n(C(C)C2CCN(c3ncc(F)cn3)CC2)c2ccccc12. The number of anilines is 2. The number of fused-ring (bicyclic) bond motifs is 1. The lowest BCUT2D eigenvalue weighted by Crippen LogP contribution is -2.37. The number of H-pyrrole nitrogens is 1. The van der Waals surface area contributed by atoms with Crippen molar-refractivity contribution in [3.8, 4) is 0 Å². The fourth-order valence-corrected chi connectivity index (χ4v) is 5.84. The maximum absolute atomic E-state index is 13.6. The van der Waals surface area contributed by atoms with Gasteiger partial charge in [0.2, 0.25) is 5.95 Å². The second-order valence-electron chi connectivity index (χ2n) is 10.2. The van der Waals surface area contributed by atoms with Gasteiger partial charge in [0.1, 0.15) is 0 Å². The minimum absolute atomic E-state index is 0.114. The molecule has 1 fully saturated rings. The Balaban J connectivity index is 1.37. The lowest BCUT2D eigenvalue weighted by molar-refractivity contribution is 0.0951. The summed E-state index contributed by atoms with van der Waals surface area (Å²) in [6.07, 6.45) is 4.26. The summed E-state index contributed by atoms with van der Waals surface area (Å²) in [6, 6.07) is 9.98. The first kappa shape index (κ1) is 26.4. The standard InChI is InChI=1S/C29H34FN7O2/c1-17-13-24(31-4)23(27(38)35-17)16-32-28(39)26-19(3)37(25-8-6-5-7-22(25)26)18(2)20-9-11-36(12-10-20)29-33-14-21(30)15-34-29/h5-8,13-15,18,20H,9-12,16H2,1-4H3,(H,32,39)(H2,31,35,38). The Kier molecular flexibility index (Phi) is 7.36. The number of aromatic nitrogens is 4. The topological polar surface area (TPSA) is 108 Å². The number of halogens is 1. The Labute approximate surface area is 226 Å². The molecule has 1 unspecified atom stereocenters. The van der Waals surface area contributed by atoms with Gasteiger partial charge < -0.3 is 25.1 Å². The predicted octanol–water partition coefficient (Wildman–Crippen LogP) is 4.32. The summed E-state index contributed by atoms with van der Waals surface area (Å²) in [5.74, 6) is 0.291. The van der Waals surface area contributed by atoms with E-state index in [9.17, 15) is 14.0 Å². The Morgan fingerprint density at radius 3 is 2.56 bits per heavy atom. The molecule has 1 aliphatic heterocycles. The highest BCUT2D eigenvalue weighted by Crippen LogP contribution is 2.36. The minimum Gasteiger partial charge on any atom is -0.388 e. The number of piperidine rings is 1. The molecule has 204 valence electrons. The molecule has 0 radical (unpaired) electrons. The van der Waals surface area contributed by atoms with Gasteiger partial charge in [-0.15, -0.1) is 0 Å². The van der Waals surface area contributed by atoms with Crippen LogP contribution in [0.25, 0.3) is 10.9 Å². The zero-order chi connectivity index (χ0) is 27.7. The highest BCUT2D eigenvalue weighted by Gasteiger charge is 2.30. The highest BCUT2D eigenvalue weighted by atomic mass is 19.1. The van der Waals surface area contributed by atoms with Crippen LogP contribution in [0.3, 0.4) is 0 Å². The van der Waals surface area contributed by atoms with Gasteiger partial charge in [-0.25, -0.2) is 14.4 Å². The first-order chi connectivity index (χ1) is 18.8. The number of amides is 1. The number of hydrogen-bond acceptors (Lipinski definition) is 6. The Morgan fingerprint density at radius 2 is 1.87 bits per heavy atom. The van der Waals surface area contributed by atoms with Gasteiger partial charge in [-0.05, 0) is 51.7 Å². The monoisotopic (exact) mass is 531 g/mol. The molecule has 3 N–H and O–H groups in total. The maximum Gasteiger partial charge on any atom is 0.255 e. The van der Waals surface area contributed by atoms with Crippen LogP contribution >= 0.6 is 0 Å². The number of nitrogens with one attached hydrogen (secondary N) is 3. The number of carbonyl (C=O) groups excluding carboxylic acids is 1. The van der Waals surface area contributed by atoms with Crippen molar-refractivity contribution in [1.29, 1.82) is 0 Å². The third-order valence-electron chi connectivity index (χ3n) is 7.87. The second-order valence-corrected chi connectivity index (χ2v) is 10.2. The molecule has 39 heavy (non-hydrogen) atoms. The van der Waals surface area contributed by atoms with Crippen molar-refractivity contribution in [2.24, 2.45) is 5.92 Å². The number of aryl methyl sites for hydroxylation is 1. The van der Waals surface area contributed by atoms with E-state index in [1.54, 1.807) is 7.05 Å². The van der Waals surface area contributed by atoms with Gasteiger partial charge in [0, 0.05) is 54.2 Å². The fraction of sp³-hybridized carbons (Fsp3) is 0.379. The molecule has 0 bridgehead atoms. The van der Waals surface area contributed by atoms with Crippen LogP contribution in [0.2, 0.25) is 0 Å². The molecule has 0 saturated carbocycles. The van der Waals surface area contributed by atoms with Crippen molar-refractivity contribution in [1.82, 2.24) is 24.8 Å². The average Bonchev–Trinajstić information content (AvgIpc) is 3.23. The van der Waals surface area contributed by atoms with Crippen LogP contribution in [0.1, 0.15) is 53.1 Å². The molecule has 5 rings (SSSR count). The van der Waals surface area contributed by atoms with Crippen LogP contribution in [-0.4, -0.2) is 45.6 Å². The van der Waals surface area contributed by atoms with Gasteiger partial charge in [-0.1, -0.05) is 18.2 Å². The molecule has 1 aliphatic rings. The molecule has 4 heterocycles. The quantitative estimate of drug-likeness (QED) is 0.328. The summed E-state index contributed by atoms with van der Waals surface area (Å²) >= 11 is 0. The van der Waals surface area contributed by atoms with Crippen LogP contribution < -0.4 is 21.1 Å². The molecule has 1 aromatic carbocycles. The second kappa shape index (κ2) is 10.9. The number of carbonyl (C=O) groups is 1. The van der Waals surface area contributed by atoms with Crippen LogP contribution in [0, 0.1) is 25.6 Å². The largest absolute Gasteiger partial charge is 0.388 e. The molecular weight excluding hydrogens is 497 g/mol. The first-order valence-electron chi connectivity index (χ1n) is 13.3. The van der Waals surface area contributed by atoms with Crippen molar-refractivity contribution in [2.75, 3.05) is 30.4 Å². The van der Waals surface area contributed by atoms with Crippen LogP contribution in [0.5, 0.6) is 0 Å². The summed E-state index contributed by atoms with van der Waals surface area (Å²) in [4.78, 5) is 39.3. The number of aromatic amines is 1. The molecule has 1 amide bonds. The van der Waals surface area contributed by atoms with E-state index in [1.165, 1.54) is 12.4 Å². The van der Waals surface area contributed by atoms with E-state index in [-0.39, 0.29) is 24.1 Å². The van der Waals surface area contributed by atoms with E-state index in [1.807, 2.05) is 38.1 Å². The van der Waals surface area contributed by atoms with E-state index in [2.05, 4.69) is 48.0 Å². The Morgan fingerprint density at radius 1 is 1.18 bits per heavy atom. The zero-order valence-electron chi connectivity index (χ0n) is 22.7. The lowest BCUT2D eigenvalue weighted by Gasteiger charge is -2.36. The number of benzene rings is 1. The van der Waals surface area contributed by atoms with Gasteiger partial charge in [0.05, 0.1) is 30.1 Å². The van der Waals surface area contributed by atoms with Gasteiger partial charge in [0.15, 0.2) is 5.82 Å². The molecule has 0 spiro atoms. The molecule has 1 atom stereocenters. The van der Waals surface area contributed by atoms with Gasteiger partial charge in [-0.3, -0.25) is 9.59 Å². The van der Waals surface area contributed by atoms with E-state index in [4.69, 9.17) is 0 Å². The zero-order valence-corrected chi connectivity index (χ0v) is 22.7. The number of hydrogen-bond donors (Lipinski definition) is 3. The van der Waals surface area contributed by atoms with E-state index < -0.39 is 5.82 Å². The average molecular weight is 532 g/mol.